The predicted molar refractivity (Wildman–Crippen MR) is 110 cm³/mol. The van der Waals surface area contributed by atoms with Crippen LogP contribution in [-0.2, 0) is 0 Å². The van der Waals surface area contributed by atoms with E-state index in [9.17, 15) is 0 Å². The first-order valence-corrected chi connectivity index (χ1v) is 9.21. The van der Waals surface area contributed by atoms with E-state index >= 15 is 0 Å². The van der Waals surface area contributed by atoms with Gasteiger partial charge in [-0.3, -0.25) is 0 Å². The lowest BCUT2D eigenvalue weighted by Crippen LogP contribution is -2.15. The lowest BCUT2D eigenvalue weighted by Gasteiger charge is -2.32. The number of fused-ring (bicyclic) bond motifs is 3. The van der Waals surface area contributed by atoms with Crippen LogP contribution < -0.4 is 9.64 Å². The first-order valence-electron chi connectivity index (χ1n) is 9.21. The molecule has 2 aromatic carbocycles. The SMILES string of the molecule is c1ccc2c(c1)Oc1ccccc1N2c1ccc(-c2nc3ncccc3o2)nc1. The van der Waals surface area contributed by atoms with Crippen LogP contribution in [0.15, 0.2) is 89.6 Å². The molecule has 3 aromatic heterocycles. The summed E-state index contributed by atoms with van der Waals surface area (Å²) < 4.78 is 11.8. The summed E-state index contributed by atoms with van der Waals surface area (Å²) in [6.45, 7) is 0. The Hall–Kier alpha value is -4.19. The van der Waals surface area contributed by atoms with Gasteiger partial charge in [0.2, 0.25) is 5.89 Å². The Morgan fingerprint density at radius 3 is 2.17 bits per heavy atom. The number of rotatable bonds is 2. The molecule has 0 spiro atoms. The van der Waals surface area contributed by atoms with Gasteiger partial charge in [-0.25, -0.2) is 9.97 Å². The molecule has 0 saturated carbocycles. The Morgan fingerprint density at radius 2 is 1.48 bits per heavy atom. The van der Waals surface area contributed by atoms with Crippen LogP contribution in [0.5, 0.6) is 11.5 Å². The van der Waals surface area contributed by atoms with Gasteiger partial charge < -0.3 is 14.1 Å². The van der Waals surface area contributed by atoms with Crippen molar-refractivity contribution in [2.75, 3.05) is 4.90 Å². The smallest absolute Gasteiger partial charge is 0.247 e. The van der Waals surface area contributed by atoms with Gasteiger partial charge in [0.05, 0.1) is 23.3 Å². The van der Waals surface area contributed by atoms with Crippen molar-refractivity contribution in [2.24, 2.45) is 0 Å². The van der Waals surface area contributed by atoms with E-state index < -0.39 is 0 Å². The second kappa shape index (κ2) is 6.17. The van der Waals surface area contributed by atoms with Crippen molar-refractivity contribution in [3.8, 4) is 23.1 Å². The maximum absolute atomic E-state index is 6.06. The van der Waals surface area contributed by atoms with Crippen molar-refractivity contribution < 1.29 is 9.15 Å². The van der Waals surface area contributed by atoms with Crippen LogP contribution in [0.2, 0.25) is 0 Å². The summed E-state index contributed by atoms with van der Waals surface area (Å²) in [4.78, 5) is 15.4. The molecule has 6 heteroatoms. The number of oxazole rings is 1. The number of aromatic nitrogens is 3. The minimum Gasteiger partial charge on any atom is -0.453 e. The van der Waals surface area contributed by atoms with Crippen LogP contribution in [0.1, 0.15) is 0 Å². The highest BCUT2D eigenvalue weighted by atomic mass is 16.5. The van der Waals surface area contributed by atoms with Crippen molar-refractivity contribution >= 4 is 28.3 Å². The molecule has 0 bridgehead atoms. The molecule has 5 aromatic rings. The van der Waals surface area contributed by atoms with Gasteiger partial charge in [0, 0.05) is 6.20 Å². The average molecular weight is 378 g/mol. The molecule has 0 radical (unpaired) electrons. The van der Waals surface area contributed by atoms with Crippen molar-refractivity contribution in [2.45, 2.75) is 0 Å². The molecule has 6 nitrogen and oxygen atoms in total. The fourth-order valence-corrected chi connectivity index (χ4v) is 3.51. The number of para-hydroxylation sites is 4. The maximum Gasteiger partial charge on any atom is 0.247 e. The van der Waals surface area contributed by atoms with Gasteiger partial charge in [-0.05, 0) is 48.5 Å². The third-order valence-corrected chi connectivity index (χ3v) is 4.82. The quantitative estimate of drug-likeness (QED) is 0.376. The Balaban J connectivity index is 1.44. The molecule has 138 valence electrons. The van der Waals surface area contributed by atoms with Crippen LogP contribution >= 0.6 is 0 Å². The van der Waals surface area contributed by atoms with Crippen molar-refractivity contribution in [1.82, 2.24) is 15.0 Å². The van der Waals surface area contributed by atoms with E-state index in [0.29, 0.717) is 22.8 Å². The average Bonchev–Trinajstić information content (AvgIpc) is 3.22. The molecule has 0 fully saturated rings. The van der Waals surface area contributed by atoms with Crippen LogP contribution in [0, 0.1) is 0 Å². The highest BCUT2D eigenvalue weighted by Crippen LogP contribution is 2.49. The van der Waals surface area contributed by atoms with E-state index in [1.807, 2.05) is 79.0 Å². The Kier molecular flexibility index (Phi) is 3.37. The first kappa shape index (κ1) is 15.8. The van der Waals surface area contributed by atoms with E-state index in [0.717, 1.165) is 28.6 Å². The summed E-state index contributed by atoms with van der Waals surface area (Å²) in [6.07, 6.45) is 3.51. The highest BCUT2D eigenvalue weighted by molar-refractivity contribution is 5.86. The number of hydrogen-bond donors (Lipinski definition) is 0. The van der Waals surface area contributed by atoms with Crippen LogP contribution in [0.25, 0.3) is 22.8 Å². The molecule has 0 unspecified atom stereocenters. The molecule has 1 aliphatic heterocycles. The minimum absolute atomic E-state index is 0.452. The fourth-order valence-electron chi connectivity index (χ4n) is 3.51. The molecule has 0 aliphatic carbocycles. The minimum atomic E-state index is 0.452. The standard InChI is InChI=1S/C23H14N4O2/c1-3-8-19-17(6-1)27(18-7-2-4-9-20(18)28-19)15-11-12-16(25-14-15)23-26-22-21(29-23)10-5-13-24-22/h1-14H. The van der Waals surface area contributed by atoms with Gasteiger partial charge in [-0.2, -0.15) is 4.98 Å². The molecule has 0 N–H and O–H groups in total. The Bertz CT molecular complexity index is 1270. The number of hydrogen-bond acceptors (Lipinski definition) is 6. The molecule has 1 aliphatic rings. The summed E-state index contributed by atoms with van der Waals surface area (Å²) in [5.41, 5.74) is 4.72. The maximum atomic E-state index is 6.06. The van der Waals surface area contributed by atoms with Crippen LogP contribution in [0.3, 0.4) is 0 Å². The number of benzene rings is 2. The zero-order valence-corrected chi connectivity index (χ0v) is 15.2. The summed E-state index contributed by atoms with van der Waals surface area (Å²) in [6, 6.07) is 23.5. The predicted octanol–water partition coefficient (Wildman–Crippen LogP) is 5.86. The van der Waals surface area contributed by atoms with Gasteiger partial charge in [-0.15, -0.1) is 0 Å². The second-order valence-electron chi connectivity index (χ2n) is 6.62. The Labute approximate surface area is 166 Å². The largest absolute Gasteiger partial charge is 0.453 e. The number of pyridine rings is 2. The third kappa shape index (κ3) is 2.54. The zero-order valence-electron chi connectivity index (χ0n) is 15.2. The fraction of sp³-hybridized carbons (Fsp3) is 0. The van der Waals surface area contributed by atoms with Gasteiger partial charge >= 0.3 is 0 Å². The second-order valence-corrected chi connectivity index (χ2v) is 6.62. The molecule has 6 rings (SSSR count). The topological polar surface area (TPSA) is 64.3 Å². The van der Waals surface area contributed by atoms with E-state index in [-0.39, 0.29) is 0 Å². The highest BCUT2D eigenvalue weighted by Gasteiger charge is 2.25. The van der Waals surface area contributed by atoms with Crippen LogP contribution in [-0.4, -0.2) is 15.0 Å². The molecule has 29 heavy (non-hydrogen) atoms. The van der Waals surface area contributed by atoms with Gasteiger partial charge in [0.15, 0.2) is 22.7 Å². The number of ether oxygens (including phenoxy) is 1. The zero-order chi connectivity index (χ0) is 19.2. The number of anilines is 3. The Morgan fingerprint density at radius 1 is 0.724 bits per heavy atom. The molecule has 4 heterocycles. The van der Waals surface area contributed by atoms with Crippen LogP contribution in [0.4, 0.5) is 17.1 Å². The monoisotopic (exact) mass is 378 g/mol. The molecule has 0 amide bonds. The summed E-state index contributed by atoms with van der Waals surface area (Å²) in [5, 5.41) is 0. The normalized spacial score (nSPS) is 12.3. The lowest BCUT2D eigenvalue weighted by molar-refractivity contribution is 0.477. The van der Waals surface area contributed by atoms with Gasteiger partial charge in [-0.1, -0.05) is 24.3 Å². The van der Waals surface area contributed by atoms with E-state index in [4.69, 9.17) is 9.15 Å². The van der Waals surface area contributed by atoms with Crippen molar-refractivity contribution in [3.63, 3.8) is 0 Å². The molecule has 0 atom stereocenters. The van der Waals surface area contributed by atoms with Gasteiger partial charge in [0.1, 0.15) is 5.69 Å². The van der Waals surface area contributed by atoms with E-state index in [1.54, 1.807) is 6.20 Å². The summed E-state index contributed by atoms with van der Waals surface area (Å²) in [5.74, 6) is 2.06. The molecular weight excluding hydrogens is 364 g/mol. The van der Waals surface area contributed by atoms with E-state index in [2.05, 4.69) is 19.9 Å². The molecular formula is C23H14N4O2. The molecule has 0 saturated heterocycles. The first-order chi connectivity index (χ1) is 14.4. The third-order valence-electron chi connectivity index (χ3n) is 4.82. The van der Waals surface area contributed by atoms with E-state index in [1.165, 1.54) is 0 Å². The van der Waals surface area contributed by atoms with Gasteiger partial charge in [0.25, 0.3) is 0 Å². The number of nitrogens with zero attached hydrogens (tertiary/aromatic N) is 4. The van der Waals surface area contributed by atoms with Crippen molar-refractivity contribution in [1.29, 1.82) is 0 Å². The summed E-state index contributed by atoms with van der Waals surface area (Å²) >= 11 is 0. The lowest BCUT2D eigenvalue weighted by atomic mass is 10.1. The van der Waals surface area contributed by atoms with Crippen molar-refractivity contribution in [3.05, 3.63) is 85.2 Å². The summed E-state index contributed by atoms with van der Waals surface area (Å²) in [7, 11) is 0.